The number of nitrogens with zero attached hydrogens (tertiary/aromatic N) is 2. The summed E-state index contributed by atoms with van der Waals surface area (Å²) in [6.07, 6.45) is 4.69. The summed E-state index contributed by atoms with van der Waals surface area (Å²) in [6, 6.07) is 0.439. The van der Waals surface area contributed by atoms with E-state index in [2.05, 4.69) is 29.5 Å². The summed E-state index contributed by atoms with van der Waals surface area (Å²) < 4.78 is 2.03. The lowest BCUT2D eigenvalue weighted by molar-refractivity contribution is 0.0944. The quantitative estimate of drug-likeness (QED) is 0.813. The van der Waals surface area contributed by atoms with Crippen molar-refractivity contribution in [2.45, 2.75) is 26.3 Å². The van der Waals surface area contributed by atoms with Gasteiger partial charge in [-0.1, -0.05) is 13.8 Å². The van der Waals surface area contributed by atoms with E-state index in [9.17, 15) is 4.79 Å². The van der Waals surface area contributed by atoms with Crippen LogP contribution < -0.4 is 10.6 Å². The number of carbonyl (C=O) groups is 1. The monoisotopic (exact) mass is 236 g/mol. The van der Waals surface area contributed by atoms with Crippen molar-refractivity contribution in [2.24, 2.45) is 5.92 Å². The normalized spacial score (nSPS) is 19.8. The van der Waals surface area contributed by atoms with E-state index in [1.165, 1.54) is 0 Å². The summed E-state index contributed by atoms with van der Waals surface area (Å²) in [7, 11) is 0. The number of hydrogen-bond acceptors (Lipinski definition) is 3. The maximum Gasteiger partial charge on any atom is 0.271 e. The molecule has 1 aromatic heterocycles. The van der Waals surface area contributed by atoms with E-state index in [1.807, 2.05) is 10.8 Å². The zero-order valence-electron chi connectivity index (χ0n) is 10.4. The highest BCUT2D eigenvalue weighted by Crippen LogP contribution is 2.14. The van der Waals surface area contributed by atoms with E-state index in [4.69, 9.17) is 0 Å². The van der Waals surface area contributed by atoms with Gasteiger partial charge in [0.1, 0.15) is 5.69 Å². The van der Waals surface area contributed by atoms with Gasteiger partial charge in [0.2, 0.25) is 0 Å². The van der Waals surface area contributed by atoms with Gasteiger partial charge in [0.25, 0.3) is 5.91 Å². The van der Waals surface area contributed by atoms with Crippen LogP contribution in [0.2, 0.25) is 0 Å². The summed E-state index contributed by atoms with van der Waals surface area (Å²) in [5, 5.41) is 6.17. The van der Waals surface area contributed by atoms with Crippen LogP contribution in [0.25, 0.3) is 0 Å². The molecule has 0 saturated carbocycles. The van der Waals surface area contributed by atoms with Crippen molar-refractivity contribution in [3.63, 3.8) is 0 Å². The summed E-state index contributed by atoms with van der Waals surface area (Å²) in [5.41, 5.74) is 0.512. The van der Waals surface area contributed by atoms with Crippen LogP contribution in [0.1, 0.15) is 36.8 Å². The lowest BCUT2D eigenvalue weighted by Crippen LogP contribution is -2.27. The zero-order valence-corrected chi connectivity index (χ0v) is 10.4. The van der Waals surface area contributed by atoms with Crippen molar-refractivity contribution < 1.29 is 4.79 Å². The van der Waals surface area contributed by atoms with Gasteiger partial charge in [-0.2, -0.15) is 0 Å². The Balaban J connectivity index is 1.95. The fraction of sp³-hybridized carbons (Fsp3) is 0.667. The van der Waals surface area contributed by atoms with Gasteiger partial charge in [0.05, 0.1) is 6.33 Å². The molecule has 2 heterocycles. The molecule has 0 aliphatic carbocycles. The minimum Gasteiger partial charge on any atom is -0.350 e. The van der Waals surface area contributed by atoms with Crippen molar-refractivity contribution in [3.05, 3.63) is 18.2 Å². The molecule has 94 valence electrons. The molecule has 17 heavy (non-hydrogen) atoms. The topological polar surface area (TPSA) is 59.0 Å². The molecule has 1 aromatic rings. The predicted octanol–water partition coefficient (Wildman–Crippen LogP) is 0.803. The molecule has 1 unspecified atom stereocenters. The molecule has 2 rings (SSSR count). The third-order valence-electron chi connectivity index (χ3n) is 2.96. The minimum absolute atomic E-state index is 0.0802. The predicted molar refractivity (Wildman–Crippen MR) is 65.9 cm³/mol. The van der Waals surface area contributed by atoms with Crippen molar-refractivity contribution in [3.8, 4) is 0 Å². The first-order valence-corrected chi connectivity index (χ1v) is 6.19. The molecular formula is C12H20N4O. The SMILES string of the molecule is CC(C)CNC(=O)c1cn(C2CCNC2)cn1. The molecule has 1 fully saturated rings. The molecule has 2 N–H and O–H groups in total. The van der Waals surface area contributed by atoms with Crippen LogP contribution in [0.15, 0.2) is 12.5 Å². The Bertz CT molecular complexity index is 380. The smallest absolute Gasteiger partial charge is 0.271 e. The molecule has 1 amide bonds. The van der Waals surface area contributed by atoms with E-state index in [0.29, 0.717) is 24.2 Å². The Kier molecular flexibility index (Phi) is 3.78. The van der Waals surface area contributed by atoms with Gasteiger partial charge in [-0.3, -0.25) is 4.79 Å². The number of amides is 1. The van der Waals surface area contributed by atoms with Crippen molar-refractivity contribution >= 4 is 5.91 Å². The summed E-state index contributed by atoms with van der Waals surface area (Å²) >= 11 is 0. The maximum absolute atomic E-state index is 11.8. The molecule has 0 aromatic carbocycles. The number of hydrogen-bond donors (Lipinski definition) is 2. The fourth-order valence-electron chi connectivity index (χ4n) is 1.93. The van der Waals surface area contributed by atoms with E-state index in [1.54, 1.807) is 6.33 Å². The van der Waals surface area contributed by atoms with Crippen LogP contribution in [-0.4, -0.2) is 35.1 Å². The fourth-order valence-corrected chi connectivity index (χ4v) is 1.93. The van der Waals surface area contributed by atoms with E-state index < -0.39 is 0 Å². The van der Waals surface area contributed by atoms with Gasteiger partial charge in [0.15, 0.2) is 0 Å². The first-order valence-electron chi connectivity index (χ1n) is 6.19. The Labute approximate surface area is 102 Å². The lowest BCUT2D eigenvalue weighted by Gasteiger charge is -2.08. The van der Waals surface area contributed by atoms with Crippen LogP contribution in [-0.2, 0) is 0 Å². The number of imidazole rings is 1. The van der Waals surface area contributed by atoms with Gasteiger partial charge in [-0.25, -0.2) is 4.98 Å². The highest BCUT2D eigenvalue weighted by atomic mass is 16.1. The molecule has 1 aliphatic rings. The van der Waals surface area contributed by atoms with Gasteiger partial charge in [0, 0.05) is 25.3 Å². The lowest BCUT2D eigenvalue weighted by atomic mass is 10.2. The zero-order chi connectivity index (χ0) is 12.3. The molecule has 5 heteroatoms. The van der Waals surface area contributed by atoms with Crippen molar-refractivity contribution in [1.29, 1.82) is 0 Å². The van der Waals surface area contributed by atoms with E-state index in [-0.39, 0.29) is 5.91 Å². The van der Waals surface area contributed by atoms with Crippen LogP contribution in [0.5, 0.6) is 0 Å². The Morgan fingerprint density at radius 2 is 2.53 bits per heavy atom. The van der Waals surface area contributed by atoms with Gasteiger partial charge in [-0.15, -0.1) is 0 Å². The van der Waals surface area contributed by atoms with Crippen LogP contribution in [0.4, 0.5) is 0 Å². The van der Waals surface area contributed by atoms with Crippen LogP contribution >= 0.6 is 0 Å². The van der Waals surface area contributed by atoms with Crippen LogP contribution in [0.3, 0.4) is 0 Å². The number of rotatable bonds is 4. The summed E-state index contributed by atoms with van der Waals surface area (Å²) in [4.78, 5) is 15.9. The molecular weight excluding hydrogens is 216 g/mol. The average Bonchev–Trinajstić information content (AvgIpc) is 2.94. The minimum atomic E-state index is -0.0802. The largest absolute Gasteiger partial charge is 0.350 e. The molecule has 5 nitrogen and oxygen atoms in total. The number of nitrogens with one attached hydrogen (secondary N) is 2. The molecule has 0 spiro atoms. The number of carbonyl (C=O) groups excluding carboxylic acids is 1. The second kappa shape index (κ2) is 5.31. The first-order chi connectivity index (χ1) is 8.16. The van der Waals surface area contributed by atoms with Crippen molar-refractivity contribution in [1.82, 2.24) is 20.2 Å². The van der Waals surface area contributed by atoms with Gasteiger partial charge < -0.3 is 15.2 Å². The maximum atomic E-state index is 11.8. The van der Waals surface area contributed by atoms with E-state index >= 15 is 0 Å². The Morgan fingerprint density at radius 1 is 1.71 bits per heavy atom. The van der Waals surface area contributed by atoms with Gasteiger partial charge >= 0.3 is 0 Å². The summed E-state index contributed by atoms with van der Waals surface area (Å²) in [6.45, 7) is 6.84. The molecule has 0 bridgehead atoms. The molecule has 1 saturated heterocycles. The standard InChI is InChI=1S/C12H20N4O/c1-9(2)5-14-12(17)11-7-16(8-15-11)10-3-4-13-6-10/h7-10,13H,3-6H2,1-2H3,(H,14,17). The Morgan fingerprint density at radius 3 is 3.18 bits per heavy atom. The highest BCUT2D eigenvalue weighted by molar-refractivity contribution is 5.91. The van der Waals surface area contributed by atoms with E-state index in [0.717, 1.165) is 19.5 Å². The molecule has 1 atom stereocenters. The highest BCUT2D eigenvalue weighted by Gasteiger charge is 2.18. The third-order valence-corrected chi connectivity index (χ3v) is 2.96. The second-order valence-electron chi connectivity index (χ2n) is 4.96. The summed E-state index contributed by atoms with van der Waals surface area (Å²) in [5.74, 6) is 0.378. The van der Waals surface area contributed by atoms with Crippen molar-refractivity contribution in [2.75, 3.05) is 19.6 Å². The first kappa shape index (κ1) is 12.1. The molecule has 1 aliphatic heterocycles. The second-order valence-corrected chi connectivity index (χ2v) is 4.96. The Hall–Kier alpha value is -1.36. The molecule has 0 radical (unpaired) electrons. The third kappa shape index (κ3) is 3.06. The van der Waals surface area contributed by atoms with Crippen LogP contribution in [0, 0.1) is 5.92 Å². The van der Waals surface area contributed by atoms with Gasteiger partial charge in [-0.05, 0) is 18.9 Å². The average molecular weight is 236 g/mol. The number of aromatic nitrogens is 2.